The Balaban J connectivity index is 1.49. The minimum atomic E-state index is -2.79. The zero-order chi connectivity index (χ0) is 19.3. The molecule has 7 nitrogen and oxygen atoms in total. The van der Waals surface area contributed by atoms with Crippen molar-refractivity contribution in [2.24, 2.45) is 5.92 Å². The summed E-state index contributed by atoms with van der Waals surface area (Å²) in [7, 11) is 0. The highest BCUT2D eigenvalue weighted by Gasteiger charge is 2.41. The molecule has 0 saturated carbocycles. The Morgan fingerprint density at radius 3 is 3.00 bits per heavy atom. The van der Waals surface area contributed by atoms with Crippen LogP contribution in [0.1, 0.15) is 24.8 Å². The summed E-state index contributed by atoms with van der Waals surface area (Å²) in [6, 6.07) is 5.16. The standard InChI is InChI=1S/C18H24F2N6O/c19-18(20)12-22-6-5-14(18)10-24-17(27)26-7-1-2-15(11-26)25-16-4-3-13(8-21)9-23-16/h3-4,9,14-15,22H,1-2,5-7,10-12H2,(H,23,25)(H,24,27). The fraction of sp³-hybridized carbons (Fsp3) is 0.611. The van der Waals surface area contributed by atoms with E-state index in [2.05, 4.69) is 20.9 Å². The van der Waals surface area contributed by atoms with Crippen LogP contribution in [0.25, 0.3) is 0 Å². The van der Waals surface area contributed by atoms with Crippen LogP contribution in [0.3, 0.4) is 0 Å². The highest BCUT2D eigenvalue weighted by Crippen LogP contribution is 2.28. The smallest absolute Gasteiger partial charge is 0.317 e. The largest absolute Gasteiger partial charge is 0.366 e. The minimum absolute atomic E-state index is 0.0146. The Labute approximate surface area is 157 Å². The van der Waals surface area contributed by atoms with Crippen molar-refractivity contribution in [1.82, 2.24) is 20.5 Å². The summed E-state index contributed by atoms with van der Waals surface area (Å²) < 4.78 is 27.7. The van der Waals surface area contributed by atoms with E-state index in [1.807, 2.05) is 6.07 Å². The van der Waals surface area contributed by atoms with Crippen LogP contribution < -0.4 is 16.0 Å². The van der Waals surface area contributed by atoms with Crippen LogP contribution in [-0.2, 0) is 0 Å². The van der Waals surface area contributed by atoms with Crippen molar-refractivity contribution in [3.63, 3.8) is 0 Å². The molecule has 3 N–H and O–H groups in total. The van der Waals surface area contributed by atoms with Crippen LogP contribution in [-0.4, -0.2) is 60.6 Å². The van der Waals surface area contributed by atoms with Gasteiger partial charge in [-0.25, -0.2) is 18.6 Å². The highest BCUT2D eigenvalue weighted by atomic mass is 19.3. The monoisotopic (exact) mass is 378 g/mol. The van der Waals surface area contributed by atoms with Crippen molar-refractivity contribution in [2.45, 2.75) is 31.2 Å². The van der Waals surface area contributed by atoms with E-state index in [-0.39, 0.29) is 25.2 Å². The lowest BCUT2D eigenvalue weighted by atomic mass is 9.94. The molecule has 2 aliphatic heterocycles. The molecule has 2 atom stereocenters. The summed E-state index contributed by atoms with van der Waals surface area (Å²) >= 11 is 0. The number of halogens is 2. The number of carbonyl (C=O) groups is 1. The third-order valence-corrected chi connectivity index (χ3v) is 5.08. The van der Waals surface area contributed by atoms with Crippen LogP contribution >= 0.6 is 0 Å². The number of nitriles is 1. The summed E-state index contributed by atoms with van der Waals surface area (Å²) in [5.41, 5.74) is 0.486. The first-order valence-electron chi connectivity index (χ1n) is 9.22. The number of nitrogens with zero attached hydrogens (tertiary/aromatic N) is 3. The van der Waals surface area contributed by atoms with Crippen molar-refractivity contribution in [3.05, 3.63) is 23.9 Å². The van der Waals surface area contributed by atoms with Gasteiger partial charge in [-0.3, -0.25) is 0 Å². The molecular weight excluding hydrogens is 354 g/mol. The van der Waals surface area contributed by atoms with Gasteiger partial charge in [0.25, 0.3) is 5.92 Å². The first kappa shape index (κ1) is 19.3. The Kier molecular flexibility index (Phi) is 6.06. The van der Waals surface area contributed by atoms with Crippen LogP contribution in [0.15, 0.2) is 18.3 Å². The van der Waals surface area contributed by atoms with Gasteiger partial charge in [-0.2, -0.15) is 5.26 Å². The van der Waals surface area contributed by atoms with E-state index in [4.69, 9.17) is 5.26 Å². The molecule has 27 heavy (non-hydrogen) atoms. The van der Waals surface area contributed by atoms with Gasteiger partial charge >= 0.3 is 6.03 Å². The van der Waals surface area contributed by atoms with Gasteiger partial charge in [0.1, 0.15) is 11.9 Å². The number of alkyl halides is 2. The van der Waals surface area contributed by atoms with Gasteiger partial charge < -0.3 is 20.9 Å². The van der Waals surface area contributed by atoms with Gasteiger partial charge in [-0.05, 0) is 37.9 Å². The highest BCUT2D eigenvalue weighted by molar-refractivity contribution is 5.74. The second-order valence-electron chi connectivity index (χ2n) is 7.08. The second kappa shape index (κ2) is 8.48. The molecule has 0 aromatic carbocycles. The van der Waals surface area contributed by atoms with Gasteiger partial charge in [0.05, 0.1) is 12.1 Å². The Hall–Kier alpha value is -2.47. The molecule has 0 spiro atoms. The molecule has 0 radical (unpaired) electrons. The summed E-state index contributed by atoms with van der Waals surface area (Å²) in [5, 5.41) is 17.4. The number of hydrogen-bond donors (Lipinski definition) is 3. The van der Waals surface area contributed by atoms with Crippen molar-refractivity contribution in [3.8, 4) is 6.07 Å². The van der Waals surface area contributed by atoms with Crippen LogP contribution in [0.4, 0.5) is 19.4 Å². The molecule has 3 rings (SSSR count). The molecule has 2 aliphatic rings. The third kappa shape index (κ3) is 5.04. The number of rotatable bonds is 4. The SMILES string of the molecule is N#Cc1ccc(NC2CCCN(C(=O)NCC3CCNCC3(F)F)C2)nc1. The van der Waals surface area contributed by atoms with E-state index in [0.29, 0.717) is 37.4 Å². The number of amides is 2. The molecule has 1 aromatic heterocycles. The topological polar surface area (TPSA) is 93.1 Å². The Morgan fingerprint density at radius 1 is 1.44 bits per heavy atom. The van der Waals surface area contributed by atoms with Gasteiger partial charge in [-0.15, -0.1) is 0 Å². The molecule has 0 aliphatic carbocycles. The average Bonchev–Trinajstić information content (AvgIpc) is 2.67. The maximum atomic E-state index is 13.9. The van der Waals surface area contributed by atoms with E-state index < -0.39 is 11.8 Å². The maximum Gasteiger partial charge on any atom is 0.317 e. The van der Waals surface area contributed by atoms with E-state index in [9.17, 15) is 13.6 Å². The van der Waals surface area contributed by atoms with Crippen LogP contribution in [0.5, 0.6) is 0 Å². The van der Waals surface area contributed by atoms with Crippen molar-refractivity contribution in [1.29, 1.82) is 5.26 Å². The first-order valence-corrected chi connectivity index (χ1v) is 9.22. The van der Waals surface area contributed by atoms with Gasteiger partial charge in [0, 0.05) is 37.8 Å². The number of anilines is 1. The number of pyridine rings is 1. The lowest BCUT2D eigenvalue weighted by Crippen LogP contribution is -2.53. The molecule has 2 saturated heterocycles. The molecule has 1 aromatic rings. The quantitative estimate of drug-likeness (QED) is 0.743. The number of aromatic nitrogens is 1. The zero-order valence-corrected chi connectivity index (χ0v) is 15.0. The summed E-state index contributed by atoms with van der Waals surface area (Å²) in [6.45, 7) is 1.28. The second-order valence-corrected chi connectivity index (χ2v) is 7.08. The molecular formula is C18H24F2N6O. The van der Waals surface area contributed by atoms with Crippen molar-refractivity contribution < 1.29 is 13.6 Å². The Morgan fingerprint density at radius 2 is 2.30 bits per heavy atom. The molecule has 2 fully saturated rings. The molecule has 2 unspecified atom stereocenters. The molecule has 146 valence electrons. The molecule has 9 heteroatoms. The molecule has 3 heterocycles. The van der Waals surface area contributed by atoms with Gasteiger partial charge in [0.15, 0.2) is 0 Å². The van der Waals surface area contributed by atoms with Crippen molar-refractivity contribution >= 4 is 11.8 Å². The average molecular weight is 378 g/mol. The maximum absolute atomic E-state index is 13.9. The van der Waals surface area contributed by atoms with Crippen molar-refractivity contribution in [2.75, 3.05) is 38.0 Å². The summed E-state index contributed by atoms with van der Waals surface area (Å²) in [4.78, 5) is 18.2. The first-order chi connectivity index (χ1) is 13.0. The van der Waals surface area contributed by atoms with E-state index in [0.717, 1.165) is 12.8 Å². The predicted molar refractivity (Wildman–Crippen MR) is 96.5 cm³/mol. The number of urea groups is 1. The van der Waals surface area contributed by atoms with E-state index >= 15 is 0 Å². The van der Waals surface area contributed by atoms with Gasteiger partial charge in [0.2, 0.25) is 0 Å². The fourth-order valence-electron chi connectivity index (χ4n) is 3.49. The minimum Gasteiger partial charge on any atom is -0.366 e. The third-order valence-electron chi connectivity index (χ3n) is 5.08. The normalized spacial score (nSPS) is 24.7. The Bertz CT molecular complexity index is 690. The zero-order valence-electron chi connectivity index (χ0n) is 15.0. The number of carbonyl (C=O) groups excluding carboxylic acids is 1. The number of piperidine rings is 2. The summed E-state index contributed by atoms with van der Waals surface area (Å²) in [6.07, 6.45) is 3.55. The lowest BCUT2D eigenvalue weighted by molar-refractivity contribution is -0.0712. The molecule has 2 amide bonds. The van der Waals surface area contributed by atoms with Crippen LogP contribution in [0.2, 0.25) is 0 Å². The summed E-state index contributed by atoms with van der Waals surface area (Å²) in [5.74, 6) is -2.97. The van der Waals surface area contributed by atoms with Gasteiger partial charge in [-0.1, -0.05) is 0 Å². The van der Waals surface area contributed by atoms with E-state index in [1.54, 1.807) is 17.0 Å². The number of nitrogens with one attached hydrogen (secondary N) is 3. The number of hydrogen-bond acceptors (Lipinski definition) is 5. The predicted octanol–water partition coefficient (Wildman–Crippen LogP) is 1.78. The lowest BCUT2D eigenvalue weighted by Gasteiger charge is -2.35. The molecule has 0 bridgehead atoms. The van der Waals surface area contributed by atoms with E-state index in [1.165, 1.54) is 6.20 Å². The fourth-order valence-corrected chi connectivity index (χ4v) is 3.49. The van der Waals surface area contributed by atoms with Crippen LogP contribution in [0, 0.1) is 17.2 Å². The number of likely N-dealkylation sites (tertiary alicyclic amines) is 1.